The molecule has 0 aliphatic carbocycles. The number of ether oxygens (including phenoxy) is 1. The Morgan fingerprint density at radius 1 is 1.09 bits per heavy atom. The molecule has 4 rings (SSSR count). The topological polar surface area (TPSA) is 59.7 Å². The van der Waals surface area contributed by atoms with Gasteiger partial charge < -0.3 is 9.64 Å². The van der Waals surface area contributed by atoms with Crippen LogP contribution >= 0.6 is 15.9 Å². The van der Waals surface area contributed by atoms with E-state index < -0.39 is 0 Å². The lowest BCUT2D eigenvalue weighted by atomic mass is 10.1. The minimum atomic E-state index is -0.205. The molecule has 35 heavy (non-hydrogen) atoms. The first-order valence-electron chi connectivity index (χ1n) is 11.5. The van der Waals surface area contributed by atoms with Gasteiger partial charge in [-0.2, -0.15) is 9.78 Å². The Morgan fingerprint density at radius 3 is 2.51 bits per heavy atom. The van der Waals surface area contributed by atoms with E-state index in [2.05, 4.69) is 52.2 Å². The van der Waals surface area contributed by atoms with Crippen molar-refractivity contribution < 1.29 is 4.74 Å². The summed E-state index contributed by atoms with van der Waals surface area (Å²) in [7, 11) is 3.97. The number of fused-ring (bicyclic) bond motifs is 1. The van der Waals surface area contributed by atoms with Gasteiger partial charge in [0.25, 0.3) is 5.56 Å². The molecule has 1 aromatic heterocycles. The molecule has 4 aromatic rings. The highest BCUT2D eigenvalue weighted by atomic mass is 79.9. The molecule has 0 atom stereocenters. The van der Waals surface area contributed by atoms with Crippen LogP contribution in [0.15, 0.2) is 75.0 Å². The quantitative estimate of drug-likeness (QED) is 0.269. The van der Waals surface area contributed by atoms with Crippen molar-refractivity contribution in [2.45, 2.75) is 33.3 Å². The van der Waals surface area contributed by atoms with Gasteiger partial charge in [0.2, 0.25) is 0 Å². The molecule has 0 fully saturated rings. The molecule has 0 amide bonds. The Bertz CT molecular complexity index is 1440. The van der Waals surface area contributed by atoms with Gasteiger partial charge in [-0.3, -0.25) is 4.79 Å². The highest BCUT2D eigenvalue weighted by Gasteiger charge is 2.14. The van der Waals surface area contributed by atoms with Gasteiger partial charge in [-0.05, 0) is 42.8 Å². The minimum Gasteiger partial charge on any atom is -0.488 e. The van der Waals surface area contributed by atoms with Crippen LogP contribution in [0.25, 0.3) is 10.9 Å². The zero-order valence-corrected chi connectivity index (χ0v) is 22.2. The number of nitrogens with zero attached hydrogens (tertiary/aromatic N) is 4. The van der Waals surface area contributed by atoms with E-state index in [0.29, 0.717) is 29.1 Å². The van der Waals surface area contributed by atoms with Gasteiger partial charge in [0.15, 0.2) is 0 Å². The van der Waals surface area contributed by atoms with Crippen LogP contribution in [0.4, 0.5) is 5.69 Å². The molecule has 1 heterocycles. The third kappa shape index (κ3) is 5.62. The third-order valence-corrected chi connectivity index (χ3v) is 6.18. The molecule has 0 aliphatic rings. The molecule has 0 saturated carbocycles. The SMILES string of the molecule is Cc1ccc(COc2cc(N(C)C)ccc2C=Nn2c(C(C)C)nc3ccc(Br)cc3c2=O)cc1. The molecule has 6 nitrogen and oxygen atoms in total. The lowest BCUT2D eigenvalue weighted by Gasteiger charge is -2.16. The number of halogens is 1. The van der Waals surface area contributed by atoms with Crippen molar-refractivity contribution in [2.24, 2.45) is 5.10 Å². The van der Waals surface area contributed by atoms with E-state index in [1.165, 1.54) is 10.2 Å². The molecular weight excluding hydrogens is 504 g/mol. The molecule has 0 bridgehead atoms. The van der Waals surface area contributed by atoms with Gasteiger partial charge in [0.05, 0.1) is 17.1 Å². The Hall–Kier alpha value is -3.45. The number of anilines is 1. The predicted octanol–water partition coefficient (Wildman–Crippen LogP) is 6.12. The third-order valence-electron chi connectivity index (χ3n) is 5.69. The molecule has 0 spiro atoms. The second-order valence-corrected chi connectivity index (χ2v) is 9.95. The fraction of sp³-hybridized carbons (Fsp3) is 0.250. The first-order valence-corrected chi connectivity index (χ1v) is 12.3. The van der Waals surface area contributed by atoms with Crippen molar-refractivity contribution in [3.05, 3.63) is 98.0 Å². The average Bonchev–Trinajstić information content (AvgIpc) is 2.83. The summed E-state index contributed by atoms with van der Waals surface area (Å²) in [4.78, 5) is 20.1. The van der Waals surface area contributed by atoms with Crippen LogP contribution in [-0.2, 0) is 6.61 Å². The van der Waals surface area contributed by atoms with E-state index in [-0.39, 0.29) is 11.5 Å². The number of aryl methyl sites for hydroxylation is 1. The summed E-state index contributed by atoms with van der Waals surface area (Å²) in [5.41, 5.74) is 4.53. The van der Waals surface area contributed by atoms with Crippen molar-refractivity contribution in [3.63, 3.8) is 0 Å². The Kier molecular flexibility index (Phi) is 7.36. The predicted molar refractivity (Wildman–Crippen MR) is 147 cm³/mol. The summed E-state index contributed by atoms with van der Waals surface area (Å²) in [5.74, 6) is 1.31. The second-order valence-electron chi connectivity index (χ2n) is 9.04. The number of benzene rings is 3. The standard InChI is InChI=1S/C28H29BrN4O2/c1-18(2)27-31-25-13-11-22(29)14-24(25)28(34)33(27)30-16-21-10-12-23(32(4)5)15-26(21)35-17-20-8-6-19(3)7-9-20/h6-16,18H,17H2,1-5H3. The van der Waals surface area contributed by atoms with Crippen LogP contribution in [0, 0.1) is 6.92 Å². The van der Waals surface area contributed by atoms with Crippen molar-refractivity contribution in [1.29, 1.82) is 0 Å². The van der Waals surface area contributed by atoms with Gasteiger partial charge in [0, 0.05) is 41.8 Å². The Balaban J connectivity index is 1.75. The molecule has 0 unspecified atom stereocenters. The van der Waals surface area contributed by atoms with Gasteiger partial charge in [-0.25, -0.2) is 4.98 Å². The van der Waals surface area contributed by atoms with Crippen LogP contribution in [0.3, 0.4) is 0 Å². The maximum atomic E-state index is 13.3. The normalized spacial score (nSPS) is 11.5. The fourth-order valence-electron chi connectivity index (χ4n) is 3.65. The molecule has 7 heteroatoms. The number of hydrogen-bond donors (Lipinski definition) is 0. The van der Waals surface area contributed by atoms with Gasteiger partial charge in [0.1, 0.15) is 18.2 Å². The minimum absolute atomic E-state index is 0.0151. The van der Waals surface area contributed by atoms with E-state index in [1.807, 2.05) is 63.2 Å². The average molecular weight is 533 g/mol. The molecule has 0 radical (unpaired) electrons. The van der Waals surface area contributed by atoms with E-state index in [0.717, 1.165) is 21.3 Å². The fourth-order valence-corrected chi connectivity index (χ4v) is 4.01. The van der Waals surface area contributed by atoms with Crippen molar-refractivity contribution in [3.8, 4) is 5.75 Å². The van der Waals surface area contributed by atoms with Crippen molar-refractivity contribution >= 4 is 38.7 Å². The Morgan fingerprint density at radius 2 is 1.83 bits per heavy atom. The number of aromatic nitrogens is 2. The van der Waals surface area contributed by atoms with E-state index in [9.17, 15) is 4.79 Å². The monoisotopic (exact) mass is 532 g/mol. The summed E-state index contributed by atoms with van der Waals surface area (Å²) in [6, 6.07) is 19.7. The first-order chi connectivity index (χ1) is 16.7. The highest BCUT2D eigenvalue weighted by molar-refractivity contribution is 9.10. The first kappa shape index (κ1) is 24.7. The van der Waals surface area contributed by atoms with Gasteiger partial charge in [-0.1, -0.05) is 59.6 Å². The molecule has 0 aliphatic heterocycles. The van der Waals surface area contributed by atoms with Crippen LogP contribution < -0.4 is 15.2 Å². The van der Waals surface area contributed by atoms with Crippen molar-refractivity contribution in [2.75, 3.05) is 19.0 Å². The van der Waals surface area contributed by atoms with Crippen LogP contribution in [-0.4, -0.2) is 30.0 Å². The highest BCUT2D eigenvalue weighted by Crippen LogP contribution is 2.25. The molecule has 3 aromatic carbocycles. The number of rotatable bonds is 7. The van der Waals surface area contributed by atoms with E-state index >= 15 is 0 Å². The molecule has 180 valence electrons. The second kappa shape index (κ2) is 10.4. The molecular formula is C28H29BrN4O2. The maximum absolute atomic E-state index is 13.3. The van der Waals surface area contributed by atoms with Crippen LogP contribution in [0.1, 0.15) is 42.3 Å². The van der Waals surface area contributed by atoms with Crippen molar-refractivity contribution in [1.82, 2.24) is 9.66 Å². The largest absolute Gasteiger partial charge is 0.488 e. The molecule has 0 N–H and O–H groups in total. The summed E-state index contributed by atoms with van der Waals surface area (Å²) in [6.07, 6.45) is 1.67. The maximum Gasteiger partial charge on any atom is 0.282 e. The van der Waals surface area contributed by atoms with E-state index in [4.69, 9.17) is 9.72 Å². The van der Waals surface area contributed by atoms with Crippen LogP contribution in [0.5, 0.6) is 5.75 Å². The summed E-state index contributed by atoms with van der Waals surface area (Å²) in [5, 5.41) is 5.10. The zero-order valence-electron chi connectivity index (χ0n) is 20.6. The van der Waals surface area contributed by atoms with Gasteiger partial charge in [-0.15, -0.1) is 0 Å². The molecule has 0 saturated heterocycles. The summed E-state index contributed by atoms with van der Waals surface area (Å²) >= 11 is 3.45. The lowest BCUT2D eigenvalue weighted by molar-refractivity contribution is 0.306. The smallest absolute Gasteiger partial charge is 0.282 e. The van der Waals surface area contributed by atoms with Crippen LogP contribution in [0.2, 0.25) is 0 Å². The van der Waals surface area contributed by atoms with Gasteiger partial charge >= 0.3 is 0 Å². The summed E-state index contributed by atoms with van der Waals surface area (Å²) < 4.78 is 8.42. The summed E-state index contributed by atoms with van der Waals surface area (Å²) in [6.45, 7) is 6.50. The lowest BCUT2D eigenvalue weighted by Crippen LogP contribution is -2.23. The zero-order chi connectivity index (χ0) is 25.1. The van der Waals surface area contributed by atoms with E-state index in [1.54, 1.807) is 12.3 Å². The number of hydrogen-bond acceptors (Lipinski definition) is 5. The Labute approximate surface area is 214 Å².